The summed E-state index contributed by atoms with van der Waals surface area (Å²) in [7, 11) is -4.68. The smallest absolute Gasteiger partial charge is 0.418 e. The number of rotatable bonds is 0. The van der Waals surface area contributed by atoms with Crippen LogP contribution in [0, 0.1) is 11.9 Å². The normalized spacial score (nSPS) is 10.5. The maximum Gasteiger partial charge on any atom is 0.673 e. The molecular formula is C6H6BF6N. The monoisotopic (exact) mass is 217 g/mol. The molecule has 14 heavy (non-hydrogen) atoms. The third kappa shape index (κ3) is 6.33. The van der Waals surface area contributed by atoms with Gasteiger partial charge in [0.1, 0.15) is 7.05 Å². The van der Waals surface area contributed by atoms with Crippen molar-refractivity contribution in [2.75, 3.05) is 0 Å². The Morgan fingerprint density at radius 2 is 1.29 bits per heavy atom. The Balaban J connectivity index is 0.000000292. The van der Waals surface area contributed by atoms with Crippen LogP contribution in [0.1, 0.15) is 0 Å². The minimum Gasteiger partial charge on any atom is -0.418 e. The molecule has 0 bridgehead atoms. The zero-order valence-corrected chi connectivity index (χ0v) is 7.02. The molecule has 0 amide bonds. The van der Waals surface area contributed by atoms with E-state index in [4.69, 9.17) is 0 Å². The van der Waals surface area contributed by atoms with E-state index in [0.717, 1.165) is 4.57 Å². The number of pyridine rings is 1. The summed E-state index contributed by atoms with van der Waals surface area (Å²) < 4.78 is 64.4. The molecule has 0 saturated carbocycles. The van der Waals surface area contributed by atoms with Gasteiger partial charge in [-0.15, -0.1) is 13.3 Å². The molecule has 0 atom stereocenters. The first-order chi connectivity index (χ1) is 6.22. The molecule has 1 aromatic rings. The molecule has 8 heteroatoms. The van der Waals surface area contributed by atoms with Crippen molar-refractivity contribution in [2.24, 2.45) is 7.05 Å². The van der Waals surface area contributed by atoms with E-state index in [2.05, 4.69) is 0 Å². The van der Waals surface area contributed by atoms with Crippen molar-refractivity contribution in [2.45, 2.75) is 0 Å². The lowest BCUT2D eigenvalue weighted by atomic mass is 10.3. The van der Waals surface area contributed by atoms with E-state index < -0.39 is 19.1 Å². The highest BCUT2D eigenvalue weighted by Gasteiger charge is 2.20. The Labute approximate surface area is 76.1 Å². The lowest BCUT2D eigenvalue weighted by molar-refractivity contribution is -0.727. The summed E-state index contributed by atoms with van der Waals surface area (Å²) >= 11 is 0. The van der Waals surface area contributed by atoms with E-state index in [9.17, 15) is 26.0 Å². The minimum absolute atomic E-state index is 0.574. The summed E-state index contributed by atoms with van der Waals surface area (Å²) in [5.74, 6) is -1.15. The van der Waals surface area contributed by atoms with Crippen LogP contribution in [0.5, 0.6) is 0 Å². The molecule has 1 rings (SSSR count). The number of aromatic nitrogens is 1. The van der Waals surface area contributed by atoms with E-state index in [1.54, 1.807) is 0 Å². The first kappa shape index (κ1) is 12.8. The second kappa shape index (κ2) is 4.87. The average Bonchev–Trinajstić information content (AvgIpc) is 1.97. The SMILES string of the molecule is C[n+]1c(F)cccc1F.F[B-](F)(F)F. The summed E-state index contributed by atoms with van der Waals surface area (Å²) in [5, 5.41) is 0. The van der Waals surface area contributed by atoms with Crippen LogP contribution in [0.25, 0.3) is 0 Å². The van der Waals surface area contributed by atoms with Crippen LogP contribution in [0.15, 0.2) is 18.2 Å². The van der Waals surface area contributed by atoms with Crippen molar-refractivity contribution in [3.63, 3.8) is 0 Å². The maximum absolute atomic E-state index is 12.3. The van der Waals surface area contributed by atoms with Gasteiger partial charge in [-0.3, -0.25) is 0 Å². The molecule has 0 N–H and O–H groups in total. The van der Waals surface area contributed by atoms with Gasteiger partial charge in [0.05, 0.1) is 0 Å². The third-order valence-electron chi connectivity index (χ3n) is 1.11. The molecule has 0 unspecified atom stereocenters. The number of hydrogen-bond donors (Lipinski definition) is 0. The molecule has 1 heterocycles. The van der Waals surface area contributed by atoms with Gasteiger partial charge < -0.3 is 17.3 Å². The van der Waals surface area contributed by atoms with Gasteiger partial charge in [-0.1, -0.05) is 0 Å². The van der Waals surface area contributed by atoms with E-state index in [0.29, 0.717) is 0 Å². The predicted octanol–water partition coefficient (Wildman–Crippen LogP) is 2.09. The second-order valence-electron chi connectivity index (χ2n) is 2.23. The summed E-state index contributed by atoms with van der Waals surface area (Å²) in [4.78, 5) is 0. The van der Waals surface area contributed by atoms with Crippen molar-refractivity contribution < 1.29 is 30.6 Å². The van der Waals surface area contributed by atoms with Gasteiger partial charge in [-0.25, -0.2) is 0 Å². The van der Waals surface area contributed by atoms with Crippen LogP contribution >= 0.6 is 0 Å². The molecular weight excluding hydrogens is 211 g/mol. The predicted molar refractivity (Wildman–Crippen MR) is 37.7 cm³/mol. The first-order valence-corrected chi connectivity index (χ1v) is 3.39. The van der Waals surface area contributed by atoms with Gasteiger partial charge in [0.25, 0.3) is 0 Å². The van der Waals surface area contributed by atoms with Crippen molar-refractivity contribution >= 4 is 7.25 Å². The fourth-order valence-electron chi connectivity index (χ4n) is 0.533. The molecule has 0 fully saturated rings. The lowest BCUT2D eigenvalue weighted by Crippen LogP contribution is -2.37. The maximum atomic E-state index is 12.3. The molecule has 0 radical (unpaired) electrons. The Bertz CT molecular complexity index is 273. The topological polar surface area (TPSA) is 3.88 Å². The standard InChI is InChI=1S/C6H6F2N.BF4/c1-9-5(7)3-2-4-6(9)8;2-1(3,4)5/h2-4H,1H3;/q+1;-1. The van der Waals surface area contributed by atoms with Crippen LogP contribution in [-0.4, -0.2) is 7.25 Å². The van der Waals surface area contributed by atoms with Gasteiger partial charge in [-0.05, 0) is 6.07 Å². The van der Waals surface area contributed by atoms with Crippen LogP contribution in [0.4, 0.5) is 26.0 Å². The zero-order valence-electron chi connectivity index (χ0n) is 7.02. The Kier molecular flexibility index (Phi) is 4.45. The van der Waals surface area contributed by atoms with E-state index in [1.807, 2.05) is 0 Å². The highest BCUT2D eigenvalue weighted by molar-refractivity contribution is 6.50. The van der Waals surface area contributed by atoms with Gasteiger partial charge in [0, 0.05) is 12.1 Å². The molecule has 0 aliphatic carbocycles. The lowest BCUT2D eigenvalue weighted by Gasteiger charge is -1.94. The molecule has 0 spiro atoms. The Hall–Kier alpha value is -1.21. The summed E-state index contributed by atoms with van der Waals surface area (Å²) in [5.41, 5.74) is 0. The Morgan fingerprint density at radius 3 is 1.50 bits per heavy atom. The largest absolute Gasteiger partial charge is 0.673 e. The molecule has 1 aromatic heterocycles. The van der Waals surface area contributed by atoms with Crippen LogP contribution in [0.2, 0.25) is 0 Å². The quantitative estimate of drug-likeness (QED) is 0.271. The van der Waals surface area contributed by atoms with E-state index >= 15 is 0 Å². The third-order valence-corrected chi connectivity index (χ3v) is 1.11. The summed E-state index contributed by atoms with van der Waals surface area (Å²) in [6.07, 6.45) is 0. The molecule has 1 nitrogen and oxygen atoms in total. The fourth-order valence-corrected chi connectivity index (χ4v) is 0.533. The number of nitrogens with zero attached hydrogens (tertiary/aromatic N) is 1. The van der Waals surface area contributed by atoms with Crippen LogP contribution in [0.3, 0.4) is 0 Å². The van der Waals surface area contributed by atoms with Gasteiger partial charge in [-0.2, -0.15) is 0 Å². The zero-order chi connectivity index (χ0) is 11.4. The average molecular weight is 217 g/mol. The summed E-state index contributed by atoms with van der Waals surface area (Å²) in [6, 6.07) is 3.72. The minimum atomic E-state index is -6.00. The highest BCUT2D eigenvalue weighted by Crippen LogP contribution is 2.06. The fraction of sp³-hybridized carbons (Fsp3) is 0.167. The molecule has 0 aromatic carbocycles. The van der Waals surface area contributed by atoms with Crippen LogP contribution in [-0.2, 0) is 7.05 Å². The van der Waals surface area contributed by atoms with E-state index in [-0.39, 0.29) is 0 Å². The number of halogens is 6. The van der Waals surface area contributed by atoms with Crippen molar-refractivity contribution in [1.29, 1.82) is 0 Å². The first-order valence-electron chi connectivity index (χ1n) is 3.39. The van der Waals surface area contributed by atoms with Gasteiger partial charge >= 0.3 is 19.1 Å². The molecule has 0 saturated heterocycles. The summed E-state index contributed by atoms with van der Waals surface area (Å²) in [6.45, 7) is 0. The van der Waals surface area contributed by atoms with E-state index in [1.165, 1.54) is 25.2 Å². The van der Waals surface area contributed by atoms with Gasteiger partial charge in [0.15, 0.2) is 0 Å². The Morgan fingerprint density at radius 1 is 1.00 bits per heavy atom. The molecule has 0 aliphatic rings. The number of hydrogen-bond acceptors (Lipinski definition) is 0. The molecule has 0 aliphatic heterocycles. The van der Waals surface area contributed by atoms with Gasteiger partial charge in [0.2, 0.25) is 0 Å². The van der Waals surface area contributed by atoms with Crippen molar-refractivity contribution in [3.8, 4) is 0 Å². The highest BCUT2D eigenvalue weighted by atomic mass is 19.5. The molecule has 80 valence electrons. The van der Waals surface area contributed by atoms with Crippen molar-refractivity contribution in [1.82, 2.24) is 0 Å². The second-order valence-corrected chi connectivity index (χ2v) is 2.23. The van der Waals surface area contributed by atoms with Crippen molar-refractivity contribution in [3.05, 3.63) is 30.1 Å². The van der Waals surface area contributed by atoms with Crippen LogP contribution < -0.4 is 4.57 Å².